The number of carboxylic acids is 2. The molecule has 2 unspecified atom stereocenters. The van der Waals surface area contributed by atoms with Gasteiger partial charge in [-0.2, -0.15) is 0 Å². The maximum Gasteiger partial charge on any atom is 0.336 e. The standard InChI is InChI=1S/C9H10N2O9/c12-3(13)1-9(19,7(16)17)2-4(14)20-6-5(15)10-8(18)11-6/h6,19H,1-2H2,(H,12,13)(H,16,17)(H2,10,11,15,18). The summed E-state index contributed by atoms with van der Waals surface area (Å²) in [6.07, 6.45) is -4.09. The second-order valence-corrected chi connectivity index (χ2v) is 3.92. The quantitative estimate of drug-likeness (QED) is 0.258. The van der Waals surface area contributed by atoms with Gasteiger partial charge in [0, 0.05) is 0 Å². The van der Waals surface area contributed by atoms with Gasteiger partial charge in [-0.25, -0.2) is 9.59 Å². The summed E-state index contributed by atoms with van der Waals surface area (Å²) < 4.78 is 4.42. The van der Waals surface area contributed by atoms with Crippen LogP contribution in [0.25, 0.3) is 0 Å². The van der Waals surface area contributed by atoms with Crippen LogP contribution in [0.1, 0.15) is 12.8 Å². The molecule has 0 aliphatic carbocycles. The molecule has 20 heavy (non-hydrogen) atoms. The fraction of sp³-hybridized carbons (Fsp3) is 0.444. The summed E-state index contributed by atoms with van der Waals surface area (Å²) >= 11 is 0. The normalized spacial score (nSPS) is 20.6. The van der Waals surface area contributed by atoms with Crippen molar-refractivity contribution in [1.82, 2.24) is 10.6 Å². The van der Waals surface area contributed by atoms with Crippen molar-refractivity contribution >= 4 is 29.8 Å². The summed E-state index contributed by atoms with van der Waals surface area (Å²) in [7, 11) is 0. The molecule has 1 fully saturated rings. The molecule has 110 valence electrons. The number of carbonyl (C=O) groups excluding carboxylic acids is 3. The Morgan fingerprint density at radius 1 is 1.20 bits per heavy atom. The molecule has 3 amide bonds. The fourth-order valence-corrected chi connectivity index (χ4v) is 1.36. The SMILES string of the molecule is O=C(O)CC(O)(CC(=O)OC1NC(=O)NC1=O)C(=O)O. The predicted octanol–water partition coefficient (Wildman–Crippen LogP) is -2.62. The Morgan fingerprint density at radius 3 is 2.20 bits per heavy atom. The van der Waals surface area contributed by atoms with Crippen molar-refractivity contribution in [2.75, 3.05) is 0 Å². The third kappa shape index (κ3) is 3.65. The third-order valence-electron chi connectivity index (χ3n) is 2.26. The maximum atomic E-state index is 11.4. The van der Waals surface area contributed by atoms with Crippen LogP contribution in [0.2, 0.25) is 0 Å². The molecule has 0 aromatic heterocycles. The summed E-state index contributed by atoms with van der Waals surface area (Å²) in [6, 6.07) is -0.910. The lowest BCUT2D eigenvalue weighted by Crippen LogP contribution is -2.44. The van der Waals surface area contributed by atoms with Gasteiger partial charge in [-0.15, -0.1) is 0 Å². The molecule has 0 spiro atoms. The van der Waals surface area contributed by atoms with E-state index in [-0.39, 0.29) is 0 Å². The number of aliphatic carboxylic acids is 2. The zero-order valence-electron chi connectivity index (χ0n) is 9.78. The van der Waals surface area contributed by atoms with E-state index in [0.717, 1.165) is 0 Å². The second kappa shape index (κ2) is 5.52. The first-order chi connectivity index (χ1) is 9.14. The number of imide groups is 1. The molecule has 0 saturated carbocycles. The van der Waals surface area contributed by atoms with Gasteiger partial charge in [-0.1, -0.05) is 0 Å². The van der Waals surface area contributed by atoms with Crippen molar-refractivity contribution in [3.63, 3.8) is 0 Å². The minimum absolute atomic E-state index is 0.910. The van der Waals surface area contributed by atoms with E-state index in [4.69, 9.17) is 10.2 Å². The third-order valence-corrected chi connectivity index (χ3v) is 2.26. The molecule has 1 rings (SSSR count). The van der Waals surface area contributed by atoms with Gasteiger partial charge >= 0.3 is 23.9 Å². The number of hydrogen-bond donors (Lipinski definition) is 5. The van der Waals surface area contributed by atoms with E-state index in [2.05, 4.69) is 4.74 Å². The maximum absolute atomic E-state index is 11.4. The van der Waals surface area contributed by atoms with E-state index >= 15 is 0 Å². The van der Waals surface area contributed by atoms with Gasteiger partial charge in [-0.05, 0) is 0 Å². The van der Waals surface area contributed by atoms with Crippen LogP contribution < -0.4 is 10.6 Å². The molecule has 1 aliphatic heterocycles. The number of ether oxygens (including phenoxy) is 1. The van der Waals surface area contributed by atoms with Gasteiger partial charge in [0.2, 0.25) is 0 Å². The summed E-state index contributed by atoms with van der Waals surface area (Å²) in [6.45, 7) is 0. The van der Waals surface area contributed by atoms with Crippen LogP contribution in [0.3, 0.4) is 0 Å². The summed E-state index contributed by atoms with van der Waals surface area (Å²) in [4.78, 5) is 54.4. The Labute approximate surface area is 110 Å². The molecule has 1 heterocycles. The number of nitrogens with one attached hydrogen (secondary N) is 2. The van der Waals surface area contributed by atoms with Crippen molar-refractivity contribution in [3.05, 3.63) is 0 Å². The molecule has 5 N–H and O–H groups in total. The van der Waals surface area contributed by atoms with Gasteiger partial charge in [0.25, 0.3) is 12.1 Å². The van der Waals surface area contributed by atoms with E-state index in [0.29, 0.717) is 0 Å². The lowest BCUT2D eigenvalue weighted by Gasteiger charge is -2.20. The topological polar surface area (TPSA) is 179 Å². The van der Waals surface area contributed by atoms with E-state index < -0.39 is 54.5 Å². The highest BCUT2D eigenvalue weighted by Gasteiger charge is 2.43. The Morgan fingerprint density at radius 2 is 1.80 bits per heavy atom. The fourth-order valence-electron chi connectivity index (χ4n) is 1.36. The highest BCUT2D eigenvalue weighted by molar-refractivity contribution is 6.04. The molecule has 1 aliphatic rings. The summed E-state index contributed by atoms with van der Waals surface area (Å²) in [5, 5.41) is 30.4. The number of esters is 1. The Hall–Kier alpha value is -2.69. The second-order valence-electron chi connectivity index (χ2n) is 3.92. The van der Waals surface area contributed by atoms with Crippen molar-refractivity contribution in [2.45, 2.75) is 24.7 Å². The molecule has 11 nitrogen and oxygen atoms in total. The summed E-state index contributed by atoms with van der Waals surface area (Å²) in [5.41, 5.74) is -2.87. The number of carbonyl (C=O) groups is 5. The van der Waals surface area contributed by atoms with Crippen LogP contribution >= 0.6 is 0 Å². The van der Waals surface area contributed by atoms with E-state index in [1.165, 1.54) is 0 Å². The number of aliphatic hydroxyl groups is 1. The lowest BCUT2D eigenvalue weighted by molar-refractivity contribution is -0.174. The average Bonchev–Trinajstić information content (AvgIpc) is 2.55. The largest absolute Gasteiger partial charge is 0.481 e. The smallest absolute Gasteiger partial charge is 0.336 e. The summed E-state index contributed by atoms with van der Waals surface area (Å²) in [5.74, 6) is -5.91. The number of amides is 3. The predicted molar refractivity (Wildman–Crippen MR) is 56.0 cm³/mol. The van der Waals surface area contributed by atoms with Gasteiger partial charge in [0.05, 0.1) is 12.8 Å². The highest BCUT2D eigenvalue weighted by atomic mass is 16.6. The molecule has 0 aromatic carbocycles. The van der Waals surface area contributed by atoms with Gasteiger partial charge in [0.1, 0.15) is 0 Å². The molecule has 0 bridgehead atoms. The Bertz CT molecular complexity index is 488. The van der Waals surface area contributed by atoms with Crippen molar-refractivity contribution < 1.29 is 44.0 Å². The minimum atomic E-state index is -2.87. The Kier molecular flexibility index (Phi) is 4.24. The molecule has 0 aromatic rings. The van der Waals surface area contributed by atoms with Crippen molar-refractivity contribution in [3.8, 4) is 0 Å². The van der Waals surface area contributed by atoms with Crippen LogP contribution in [-0.4, -0.2) is 57.0 Å². The number of urea groups is 1. The first-order valence-corrected chi connectivity index (χ1v) is 5.12. The molecule has 2 atom stereocenters. The Balaban J connectivity index is 2.68. The molecule has 11 heteroatoms. The lowest BCUT2D eigenvalue weighted by atomic mass is 9.96. The zero-order chi connectivity index (χ0) is 15.5. The minimum Gasteiger partial charge on any atom is -0.481 e. The number of carboxylic acid groups (broad SMARTS) is 2. The van der Waals surface area contributed by atoms with Crippen LogP contribution in [0, 0.1) is 0 Å². The van der Waals surface area contributed by atoms with Crippen LogP contribution in [0.15, 0.2) is 0 Å². The van der Waals surface area contributed by atoms with Crippen LogP contribution in [0.4, 0.5) is 4.79 Å². The molecule has 1 saturated heterocycles. The van der Waals surface area contributed by atoms with Gasteiger partial charge in [-0.3, -0.25) is 25.0 Å². The first kappa shape index (κ1) is 15.4. The van der Waals surface area contributed by atoms with E-state index in [1.807, 2.05) is 5.32 Å². The molecule has 0 radical (unpaired) electrons. The van der Waals surface area contributed by atoms with Crippen molar-refractivity contribution in [1.29, 1.82) is 0 Å². The highest BCUT2D eigenvalue weighted by Crippen LogP contribution is 2.17. The van der Waals surface area contributed by atoms with E-state index in [9.17, 15) is 29.1 Å². The van der Waals surface area contributed by atoms with E-state index in [1.54, 1.807) is 5.32 Å². The van der Waals surface area contributed by atoms with Crippen LogP contribution in [0.5, 0.6) is 0 Å². The van der Waals surface area contributed by atoms with Gasteiger partial charge < -0.3 is 20.1 Å². The van der Waals surface area contributed by atoms with Crippen molar-refractivity contribution in [2.24, 2.45) is 0 Å². The zero-order valence-corrected chi connectivity index (χ0v) is 9.78. The number of hydrogen-bond acceptors (Lipinski definition) is 7. The van der Waals surface area contributed by atoms with Gasteiger partial charge in [0.15, 0.2) is 5.60 Å². The number of rotatable bonds is 6. The monoisotopic (exact) mass is 290 g/mol. The first-order valence-electron chi connectivity index (χ1n) is 5.12. The molecular formula is C9H10N2O9. The average molecular weight is 290 g/mol. The van der Waals surface area contributed by atoms with Crippen LogP contribution in [-0.2, 0) is 23.9 Å². The molecular weight excluding hydrogens is 280 g/mol.